The number of aliphatic hydroxyl groups is 6. The zero-order chi connectivity index (χ0) is 35.5. The van der Waals surface area contributed by atoms with Gasteiger partial charge in [0.25, 0.3) is 0 Å². The van der Waals surface area contributed by atoms with E-state index in [0.29, 0.717) is 43.1 Å². The second kappa shape index (κ2) is 12.8. The molecule has 0 amide bonds. The van der Waals surface area contributed by atoms with Crippen molar-refractivity contribution in [1.29, 1.82) is 0 Å². The highest BCUT2D eigenvalue weighted by Gasteiger charge is 2.69. The van der Waals surface area contributed by atoms with E-state index in [-0.39, 0.29) is 24.0 Å². The molecule has 8 aliphatic rings. The highest BCUT2D eigenvalue weighted by molar-refractivity contribution is 5.29. The Morgan fingerprint density at radius 1 is 0.900 bits per heavy atom. The Hall–Kier alpha value is -1.00. The summed E-state index contributed by atoms with van der Waals surface area (Å²) in [5.41, 5.74) is 2.01. The van der Waals surface area contributed by atoms with Gasteiger partial charge in [0.2, 0.25) is 0 Å². The van der Waals surface area contributed by atoms with Crippen molar-refractivity contribution in [1.82, 2.24) is 0 Å². The lowest BCUT2D eigenvalue weighted by molar-refractivity contribution is -0.362. The van der Waals surface area contributed by atoms with Gasteiger partial charge in [-0.3, -0.25) is 0 Å². The van der Waals surface area contributed by atoms with Crippen LogP contribution in [0.2, 0.25) is 0 Å². The van der Waals surface area contributed by atoms with Crippen molar-refractivity contribution in [2.75, 3.05) is 13.2 Å². The summed E-state index contributed by atoms with van der Waals surface area (Å²) in [7, 11) is 0. The number of hydrogen-bond donors (Lipinski definition) is 6. The molecule has 6 N–H and O–H groups in total. The smallest absolute Gasteiger partial charge is 0.187 e. The first-order valence-corrected chi connectivity index (χ1v) is 19.0. The molecule has 20 atom stereocenters. The molecule has 2 unspecified atom stereocenters. The zero-order valence-electron chi connectivity index (χ0n) is 29.8. The molecule has 4 aliphatic heterocycles. The average Bonchev–Trinajstić information content (AvgIpc) is 3.53. The molecule has 12 heteroatoms. The van der Waals surface area contributed by atoms with Crippen molar-refractivity contribution in [2.45, 2.75) is 158 Å². The van der Waals surface area contributed by atoms with Crippen LogP contribution in [0.3, 0.4) is 0 Å². The van der Waals surface area contributed by atoms with E-state index in [0.717, 1.165) is 44.1 Å². The van der Waals surface area contributed by atoms with Gasteiger partial charge in [-0.25, -0.2) is 0 Å². The number of fused-ring (bicyclic) bond motifs is 7. The third-order valence-electron chi connectivity index (χ3n) is 15.0. The summed E-state index contributed by atoms with van der Waals surface area (Å²) in [4.78, 5) is 0. The molecule has 0 aromatic heterocycles. The fourth-order valence-electron chi connectivity index (χ4n) is 12.2. The molecule has 8 rings (SSSR count). The van der Waals surface area contributed by atoms with Crippen LogP contribution in [-0.2, 0) is 28.4 Å². The van der Waals surface area contributed by atoms with Crippen molar-refractivity contribution < 1.29 is 59.1 Å². The number of aliphatic hydroxyl groups excluding tert-OH is 6. The molecule has 282 valence electrons. The molecule has 0 radical (unpaired) electrons. The second-order valence-corrected chi connectivity index (χ2v) is 17.5. The highest BCUT2D eigenvalue weighted by Crippen LogP contribution is 2.71. The van der Waals surface area contributed by atoms with Gasteiger partial charge in [0.15, 0.2) is 18.4 Å². The Morgan fingerprint density at radius 3 is 2.42 bits per heavy atom. The van der Waals surface area contributed by atoms with E-state index < -0.39 is 78.7 Å². The van der Waals surface area contributed by atoms with Gasteiger partial charge < -0.3 is 59.1 Å². The number of allylic oxidation sites excluding steroid dienone is 1. The second-order valence-electron chi connectivity index (χ2n) is 17.5. The number of rotatable bonds is 4. The normalized spacial score (nSPS) is 57.8. The highest BCUT2D eigenvalue weighted by atomic mass is 16.8. The van der Waals surface area contributed by atoms with Crippen LogP contribution in [0.25, 0.3) is 0 Å². The van der Waals surface area contributed by atoms with Gasteiger partial charge in [-0.2, -0.15) is 0 Å². The summed E-state index contributed by atoms with van der Waals surface area (Å²) in [6.07, 6.45) is -3.73. The summed E-state index contributed by atoms with van der Waals surface area (Å²) in [6, 6.07) is 0. The lowest BCUT2D eigenvalue weighted by Crippen LogP contribution is -2.63. The SMILES string of the molecule is C=C1CC[C@]2(OC1)O[C@@H]1CC3[C@H]4CC=C5C[C@H](O)C[C@H](O[C@H]6OC[C@@H](O)[C@@H](O)[C@@H]6O[C@H]6O[C@H](C)[C@@H](O)[C@H](O)[C@@H]6O)[C@@]5(C)C4CC[C@@]3(C)[C@@H]1[C@H]2C. The van der Waals surface area contributed by atoms with Crippen molar-refractivity contribution in [3.8, 4) is 0 Å². The van der Waals surface area contributed by atoms with Crippen molar-refractivity contribution in [3.05, 3.63) is 23.8 Å². The maximum Gasteiger partial charge on any atom is 0.187 e. The van der Waals surface area contributed by atoms with Gasteiger partial charge >= 0.3 is 0 Å². The van der Waals surface area contributed by atoms with Crippen LogP contribution in [-0.4, -0.2) is 123 Å². The van der Waals surface area contributed by atoms with Crippen LogP contribution < -0.4 is 0 Å². The molecule has 1 spiro atoms. The first kappa shape index (κ1) is 36.0. The van der Waals surface area contributed by atoms with Crippen molar-refractivity contribution in [2.24, 2.45) is 40.4 Å². The number of hydrogen-bond acceptors (Lipinski definition) is 12. The fourth-order valence-corrected chi connectivity index (χ4v) is 12.2. The minimum atomic E-state index is -1.61. The van der Waals surface area contributed by atoms with Crippen molar-refractivity contribution >= 4 is 0 Å². The molecule has 50 heavy (non-hydrogen) atoms. The molecule has 4 saturated heterocycles. The van der Waals surface area contributed by atoms with E-state index in [1.807, 2.05) is 0 Å². The summed E-state index contributed by atoms with van der Waals surface area (Å²) >= 11 is 0. The van der Waals surface area contributed by atoms with Gasteiger partial charge in [-0.05, 0) is 74.5 Å². The van der Waals surface area contributed by atoms with Crippen LogP contribution in [0.15, 0.2) is 23.8 Å². The summed E-state index contributed by atoms with van der Waals surface area (Å²) in [6.45, 7) is 13.1. The summed E-state index contributed by atoms with van der Waals surface area (Å²) in [5.74, 6) is 1.34. The zero-order valence-corrected chi connectivity index (χ0v) is 29.8. The molecule has 12 nitrogen and oxygen atoms in total. The molecular formula is C38H58O12. The van der Waals surface area contributed by atoms with E-state index in [2.05, 4.69) is 33.4 Å². The van der Waals surface area contributed by atoms with Crippen LogP contribution in [0.4, 0.5) is 0 Å². The van der Waals surface area contributed by atoms with E-state index >= 15 is 0 Å². The van der Waals surface area contributed by atoms with Gasteiger partial charge in [-0.15, -0.1) is 0 Å². The lowest BCUT2D eigenvalue weighted by atomic mass is 9.46. The fraction of sp³-hybridized carbons (Fsp3) is 0.895. The Bertz CT molecular complexity index is 1330. The largest absolute Gasteiger partial charge is 0.393 e. The van der Waals surface area contributed by atoms with Crippen LogP contribution >= 0.6 is 0 Å². The van der Waals surface area contributed by atoms with Crippen molar-refractivity contribution in [3.63, 3.8) is 0 Å². The van der Waals surface area contributed by atoms with Gasteiger partial charge in [0.1, 0.15) is 36.6 Å². The molecular weight excluding hydrogens is 648 g/mol. The van der Waals surface area contributed by atoms with E-state index in [1.165, 1.54) is 5.57 Å². The molecule has 0 aromatic rings. The first-order valence-electron chi connectivity index (χ1n) is 19.0. The topological polar surface area (TPSA) is 177 Å². The average molecular weight is 707 g/mol. The van der Waals surface area contributed by atoms with Gasteiger partial charge in [0, 0.05) is 24.2 Å². The minimum absolute atomic E-state index is 0.112. The molecule has 4 heterocycles. The molecule has 0 aromatic carbocycles. The molecule has 0 bridgehead atoms. The van der Waals surface area contributed by atoms with E-state index in [9.17, 15) is 30.6 Å². The monoisotopic (exact) mass is 706 g/mol. The standard InChI is InChI=1S/C38H58O12/c1-17-8-11-38(46-15-17)18(2)28-26(50-38)14-24-22-7-6-20-12-21(39)13-27(37(20,5)23(22)9-10-36(24,28)4)48-35-33(30(42)25(40)16-45-35)49-34-32(44)31(43)29(41)19(3)47-34/h6,18-19,21-35,39-44H,1,7-16H2,2-5H3/t18-,19-,21+,22+,23?,24?,25-,26-,27+,28-,29-,30-,31+,32+,33+,34-,35-,36-,37-,38+/m1/s1. The van der Waals surface area contributed by atoms with Crippen LogP contribution in [0.5, 0.6) is 0 Å². The Morgan fingerprint density at radius 2 is 1.68 bits per heavy atom. The third-order valence-corrected chi connectivity index (χ3v) is 15.0. The molecule has 3 saturated carbocycles. The van der Waals surface area contributed by atoms with E-state index in [4.69, 9.17) is 28.4 Å². The van der Waals surface area contributed by atoms with Crippen LogP contribution in [0, 0.1) is 40.4 Å². The first-order chi connectivity index (χ1) is 23.7. The Labute approximate surface area is 294 Å². The Balaban J connectivity index is 1.04. The Kier molecular flexibility index (Phi) is 9.22. The van der Waals surface area contributed by atoms with Crippen LogP contribution in [0.1, 0.15) is 79.1 Å². The van der Waals surface area contributed by atoms with Gasteiger partial charge in [-0.1, -0.05) is 44.6 Å². The third kappa shape index (κ3) is 5.38. The molecule has 7 fully saturated rings. The summed E-state index contributed by atoms with van der Waals surface area (Å²) < 4.78 is 37.9. The van der Waals surface area contributed by atoms with Gasteiger partial charge in [0.05, 0.1) is 37.6 Å². The minimum Gasteiger partial charge on any atom is -0.393 e. The lowest BCUT2D eigenvalue weighted by Gasteiger charge is -2.60. The maximum absolute atomic E-state index is 11.1. The predicted molar refractivity (Wildman–Crippen MR) is 177 cm³/mol. The number of ether oxygens (including phenoxy) is 6. The predicted octanol–water partition coefficient (Wildman–Crippen LogP) is 1.92. The van der Waals surface area contributed by atoms with E-state index in [1.54, 1.807) is 6.92 Å². The summed E-state index contributed by atoms with van der Waals surface area (Å²) in [5, 5.41) is 64.1. The quantitative estimate of drug-likeness (QED) is 0.235. The molecule has 4 aliphatic carbocycles. The maximum atomic E-state index is 11.1.